The molecule has 0 amide bonds. The van der Waals surface area contributed by atoms with Gasteiger partial charge in [-0.3, -0.25) is 4.84 Å². The van der Waals surface area contributed by atoms with Gasteiger partial charge in [0.15, 0.2) is 0 Å². The second-order valence-electron chi connectivity index (χ2n) is 4.50. The smallest absolute Gasteiger partial charge is 0.0813 e. The monoisotopic (exact) mass is 173 g/mol. The summed E-state index contributed by atoms with van der Waals surface area (Å²) in [5.74, 6) is 0. The van der Waals surface area contributed by atoms with Crippen molar-refractivity contribution in [3.8, 4) is 0 Å². The summed E-state index contributed by atoms with van der Waals surface area (Å²) in [6, 6.07) is 0.333. The summed E-state index contributed by atoms with van der Waals surface area (Å²) in [7, 11) is 0. The maximum Gasteiger partial charge on any atom is 0.0813 e. The van der Waals surface area contributed by atoms with Gasteiger partial charge in [-0.15, -0.1) is 0 Å². The highest BCUT2D eigenvalue weighted by atomic mass is 16.7. The van der Waals surface area contributed by atoms with Gasteiger partial charge >= 0.3 is 0 Å². The van der Waals surface area contributed by atoms with Crippen LogP contribution in [0.4, 0.5) is 0 Å². The molecule has 2 atom stereocenters. The zero-order chi connectivity index (χ0) is 9.19. The third-order valence-corrected chi connectivity index (χ3v) is 1.94. The molecule has 72 valence electrons. The summed E-state index contributed by atoms with van der Waals surface area (Å²) in [4.78, 5) is 5.40. The van der Waals surface area contributed by atoms with Crippen LogP contribution in [-0.2, 0) is 4.84 Å². The second kappa shape index (κ2) is 3.73. The van der Waals surface area contributed by atoms with Gasteiger partial charge in [-0.1, -0.05) is 0 Å². The van der Waals surface area contributed by atoms with Gasteiger partial charge in [-0.2, -0.15) is 5.48 Å². The minimum absolute atomic E-state index is 0.133. The van der Waals surface area contributed by atoms with E-state index >= 15 is 0 Å². The number of nitrogens with one attached hydrogen (secondary N) is 1. The molecule has 1 rings (SSSR count). The topological polar surface area (TPSA) is 41.5 Å². The number of aliphatic hydroxyl groups is 1. The van der Waals surface area contributed by atoms with E-state index in [4.69, 9.17) is 4.84 Å². The Labute approximate surface area is 74.1 Å². The summed E-state index contributed by atoms with van der Waals surface area (Å²) in [6.07, 6.45) is 2.59. The van der Waals surface area contributed by atoms with Crippen molar-refractivity contribution >= 4 is 0 Å². The minimum atomic E-state index is -0.145. The highest BCUT2D eigenvalue weighted by molar-refractivity contribution is 4.77. The lowest BCUT2D eigenvalue weighted by molar-refractivity contribution is -0.0884. The van der Waals surface area contributed by atoms with Gasteiger partial charge in [-0.25, -0.2) is 0 Å². The Bertz CT molecular complexity index is 142. The Hall–Kier alpha value is -0.120. The largest absolute Gasteiger partial charge is 0.393 e. The minimum Gasteiger partial charge on any atom is -0.393 e. The molecule has 1 fully saturated rings. The molecular formula is C9H19NO2. The van der Waals surface area contributed by atoms with Crippen molar-refractivity contribution in [1.29, 1.82) is 0 Å². The fourth-order valence-corrected chi connectivity index (χ4v) is 1.32. The first-order valence-electron chi connectivity index (χ1n) is 4.59. The highest BCUT2D eigenvalue weighted by Gasteiger charge is 2.24. The Kier molecular flexibility index (Phi) is 3.09. The molecule has 0 heterocycles. The van der Waals surface area contributed by atoms with Gasteiger partial charge in [0.1, 0.15) is 0 Å². The van der Waals surface area contributed by atoms with Crippen molar-refractivity contribution in [2.75, 3.05) is 0 Å². The summed E-state index contributed by atoms with van der Waals surface area (Å²) < 4.78 is 0. The molecule has 1 aliphatic carbocycles. The molecule has 0 aromatic carbocycles. The second-order valence-corrected chi connectivity index (χ2v) is 4.50. The van der Waals surface area contributed by atoms with Crippen LogP contribution in [0.2, 0.25) is 0 Å². The summed E-state index contributed by atoms with van der Waals surface area (Å²) >= 11 is 0. The number of hydrogen-bond acceptors (Lipinski definition) is 3. The van der Waals surface area contributed by atoms with Crippen LogP contribution in [-0.4, -0.2) is 22.9 Å². The summed E-state index contributed by atoms with van der Waals surface area (Å²) in [6.45, 7) is 6.02. The Morgan fingerprint density at radius 1 is 1.33 bits per heavy atom. The SMILES string of the molecule is CC(C)(C)ON[C@@H]1CC[C@@H](O)C1. The van der Waals surface area contributed by atoms with E-state index in [1.54, 1.807) is 0 Å². The van der Waals surface area contributed by atoms with E-state index in [9.17, 15) is 5.11 Å². The first-order chi connectivity index (χ1) is 5.47. The molecule has 0 radical (unpaired) electrons. The van der Waals surface area contributed by atoms with Crippen molar-refractivity contribution in [3.63, 3.8) is 0 Å². The maximum atomic E-state index is 9.23. The van der Waals surface area contributed by atoms with Crippen molar-refractivity contribution < 1.29 is 9.94 Å². The molecule has 0 bridgehead atoms. The zero-order valence-electron chi connectivity index (χ0n) is 8.13. The van der Waals surface area contributed by atoms with Crippen LogP contribution in [0, 0.1) is 0 Å². The third kappa shape index (κ3) is 3.52. The van der Waals surface area contributed by atoms with Crippen molar-refractivity contribution in [2.24, 2.45) is 0 Å². The Morgan fingerprint density at radius 3 is 2.42 bits per heavy atom. The van der Waals surface area contributed by atoms with Crippen molar-refractivity contribution in [3.05, 3.63) is 0 Å². The van der Waals surface area contributed by atoms with Gasteiger partial charge in [0.2, 0.25) is 0 Å². The Balaban J connectivity index is 2.16. The fourth-order valence-electron chi connectivity index (χ4n) is 1.32. The predicted octanol–water partition coefficient (Wildman–Crippen LogP) is 1.22. The molecule has 2 N–H and O–H groups in total. The van der Waals surface area contributed by atoms with E-state index < -0.39 is 0 Å². The molecule has 0 aromatic rings. The number of rotatable bonds is 2. The van der Waals surface area contributed by atoms with E-state index in [0.29, 0.717) is 6.04 Å². The summed E-state index contributed by atoms with van der Waals surface area (Å²) in [5.41, 5.74) is 2.85. The molecule has 0 aromatic heterocycles. The molecular weight excluding hydrogens is 154 g/mol. The predicted molar refractivity (Wildman–Crippen MR) is 47.6 cm³/mol. The fraction of sp³-hybridized carbons (Fsp3) is 1.00. The average Bonchev–Trinajstić information content (AvgIpc) is 2.30. The lowest BCUT2D eigenvalue weighted by Crippen LogP contribution is -2.35. The molecule has 1 aliphatic rings. The van der Waals surface area contributed by atoms with Crippen LogP contribution < -0.4 is 5.48 Å². The molecule has 0 unspecified atom stereocenters. The van der Waals surface area contributed by atoms with Gasteiger partial charge in [0, 0.05) is 6.04 Å². The first-order valence-corrected chi connectivity index (χ1v) is 4.59. The van der Waals surface area contributed by atoms with Crippen molar-refractivity contribution in [1.82, 2.24) is 5.48 Å². The van der Waals surface area contributed by atoms with Crippen LogP contribution in [0.3, 0.4) is 0 Å². The third-order valence-electron chi connectivity index (χ3n) is 1.94. The number of hydrogen-bond donors (Lipinski definition) is 2. The van der Waals surface area contributed by atoms with E-state index in [1.165, 1.54) is 0 Å². The molecule has 3 heteroatoms. The quantitative estimate of drug-likeness (QED) is 0.617. The lowest BCUT2D eigenvalue weighted by Gasteiger charge is -2.22. The van der Waals surface area contributed by atoms with Crippen LogP contribution in [0.5, 0.6) is 0 Å². The molecule has 0 aliphatic heterocycles. The van der Waals surface area contributed by atoms with Crippen molar-refractivity contribution in [2.45, 2.75) is 57.8 Å². The van der Waals surface area contributed by atoms with E-state index in [1.807, 2.05) is 20.8 Å². The van der Waals surface area contributed by atoms with Gasteiger partial charge in [0.25, 0.3) is 0 Å². The maximum absolute atomic E-state index is 9.23. The van der Waals surface area contributed by atoms with E-state index in [0.717, 1.165) is 19.3 Å². The zero-order valence-corrected chi connectivity index (χ0v) is 8.13. The number of aliphatic hydroxyl groups excluding tert-OH is 1. The molecule has 1 saturated carbocycles. The van der Waals surface area contributed by atoms with Gasteiger partial charge in [0.05, 0.1) is 11.7 Å². The van der Waals surface area contributed by atoms with Crippen LogP contribution >= 0.6 is 0 Å². The van der Waals surface area contributed by atoms with Crippen LogP contribution in [0.15, 0.2) is 0 Å². The molecule has 0 spiro atoms. The van der Waals surface area contributed by atoms with Gasteiger partial charge < -0.3 is 5.11 Å². The molecule has 12 heavy (non-hydrogen) atoms. The lowest BCUT2D eigenvalue weighted by atomic mass is 10.2. The van der Waals surface area contributed by atoms with E-state index in [2.05, 4.69) is 5.48 Å². The number of hydroxylamine groups is 1. The summed E-state index contributed by atoms with van der Waals surface area (Å²) in [5, 5.41) is 9.23. The Morgan fingerprint density at radius 2 is 2.00 bits per heavy atom. The average molecular weight is 173 g/mol. The van der Waals surface area contributed by atoms with Gasteiger partial charge in [-0.05, 0) is 40.0 Å². The standard InChI is InChI=1S/C9H19NO2/c1-9(2,3)12-10-7-4-5-8(11)6-7/h7-8,10-11H,4-6H2,1-3H3/t7-,8-/m1/s1. The normalized spacial score (nSPS) is 31.0. The van der Waals surface area contributed by atoms with Crippen LogP contribution in [0.25, 0.3) is 0 Å². The van der Waals surface area contributed by atoms with E-state index in [-0.39, 0.29) is 11.7 Å². The van der Waals surface area contributed by atoms with Crippen LogP contribution in [0.1, 0.15) is 40.0 Å². The highest BCUT2D eigenvalue weighted by Crippen LogP contribution is 2.19. The first kappa shape index (κ1) is 9.96. The molecule has 0 saturated heterocycles. The molecule has 3 nitrogen and oxygen atoms in total.